The van der Waals surface area contributed by atoms with Gasteiger partial charge in [0.2, 0.25) is 0 Å². The smallest absolute Gasteiger partial charge is 0.488 e. The van der Waals surface area contributed by atoms with Gasteiger partial charge in [-0.15, -0.1) is 4.52 Å². The Morgan fingerprint density at radius 3 is 2.15 bits per heavy atom. The molecule has 1 unspecified atom stereocenters. The first-order valence-corrected chi connectivity index (χ1v) is 10.9. The summed E-state index contributed by atoms with van der Waals surface area (Å²) in [5.74, 6) is -0.351. The summed E-state index contributed by atoms with van der Waals surface area (Å²) >= 11 is 0. The van der Waals surface area contributed by atoms with Crippen LogP contribution >= 0.6 is 8.25 Å². The van der Waals surface area contributed by atoms with Crippen LogP contribution in [0.3, 0.4) is 0 Å². The van der Waals surface area contributed by atoms with Gasteiger partial charge in [0.05, 0.1) is 6.54 Å². The van der Waals surface area contributed by atoms with Gasteiger partial charge in [0.25, 0.3) is 0 Å². The molecule has 1 atom stereocenters. The molecule has 0 aromatic carbocycles. The standard InChI is InChI=1S/C20H34NO5P/c1-2-3-4-5-6-7-8-9-10-11-12-13-14-15-16-17-20(22)26-21-18-19-25-27(23)24/h6-7,9-10,12-13,21H,2-5,8,11,14-19H2,1H3/b7-6-,10-9-,13-12-. The van der Waals surface area contributed by atoms with Crippen LogP contribution in [0.5, 0.6) is 0 Å². The van der Waals surface area contributed by atoms with E-state index in [0.717, 1.165) is 32.1 Å². The second-order valence-electron chi connectivity index (χ2n) is 6.05. The van der Waals surface area contributed by atoms with Crippen molar-refractivity contribution in [2.45, 2.75) is 71.1 Å². The zero-order valence-electron chi connectivity index (χ0n) is 16.4. The van der Waals surface area contributed by atoms with E-state index in [4.69, 9.17) is 4.84 Å². The molecule has 6 nitrogen and oxygen atoms in total. The molecule has 0 fully saturated rings. The van der Waals surface area contributed by atoms with Crippen molar-refractivity contribution < 1.29 is 23.6 Å². The van der Waals surface area contributed by atoms with Gasteiger partial charge in [-0.2, -0.15) is 5.48 Å². The SMILES string of the molecule is CCCCC/C=C\C/C=C\C/C=C\CCCCC(=O)ONCCO[P+](=O)[O-]. The number of hydrogen-bond acceptors (Lipinski definition) is 6. The summed E-state index contributed by atoms with van der Waals surface area (Å²) in [5, 5.41) is 0. The number of hydrogen-bond donors (Lipinski definition) is 1. The molecule has 0 aromatic rings. The first-order chi connectivity index (χ1) is 13.2. The number of unbranched alkanes of at least 4 members (excludes halogenated alkanes) is 5. The Hall–Kier alpha value is -1.33. The van der Waals surface area contributed by atoms with E-state index in [-0.39, 0.29) is 19.1 Å². The fourth-order valence-electron chi connectivity index (χ4n) is 2.17. The molecule has 27 heavy (non-hydrogen) atoms. The molecule has 154 valence electrons. The zero-order valence-corrected chi connectivity index (χ0v) is 17.3. The Labute approximate surface area is 164 Å². The second kappa shape index (κ2) is 21.0. The maximum Gasteiger partial charge on any atom is 0.488 e. The molecule has 7 heteroatoms. The second-order valence-corrected chi connectivity index (χ2v) is 6.76. The van der Waals surface area contributed by atoms with Crippen LogP contribution in [0.4, 0.5) is 0 Å². The highest BCUT2D eigenvalue weighted by Crippen LogP contribution is 2.06. The summed E-state index contributed by atoms with van der Waals surface area (Å²) in [7, 11) is -2.85. The van der Waals surface area contributed by atoms with E-state index in [2.05, 4.69) is 53.4 Å². The average molecular weight is 399 g/mol. The van der Waals surface area contributed by atoms with Crippen LogP contribution < -0.4 is 10.4 Å². The average Bonchev–Trinajstić information content (AvgIpc) is 2.64. The molecule has 0 amide bonds. The van der Waals surface area contributed by atoms with Gasteiger partial charge in [0.15, 0.2) is 0 Å². The summed E-state index contributed by atoms with van der Waals surface area (Å²) in [5.41, 5.74) is 2.37. The van der Waals surface area contributed by atoms with Crippen LogP contribution in [-0.4, -0.2) is 19.1 Å². The third-order valence-corrected chi connectivity index (χ3v) is 4.00. The molecular formula is C20H34NO5P. The van der Waals surface area contributed by atoms with Crippen molar-refractivity contribution in [3.63, 3.8) is 0 Å². The molecule has 1 N–H and O–H groups in total. The first-order valence-electron chi connectivity index (χ1n) is 9.81. The van der Waals surface area contributed by atoms with E-state index in [1.54, 1.807) is 0 Å². The van der Waals surface area contributed by atoms with Gasteiger partial charge >= 0.3 is 14.2 Å². The van der Waals surface area contributed by atoms with Crippen molar-refractivity contribution >= 4 is 14.2 Å². The Morgan fingerprint density at radius 1 is 0.963 bits per heavy atom. The molecule has 0 bridgehead atoms. The lowest BCUT2D eigenvalue weighted by atomic mass is 10.2. The van der Waals surface area contributed by atoms with Crippen LogP contribution in [-0.2, 0) is 18.7 Å². The van der Waals surface area contributed by atoms with Gasteiger partial charge in [-0.1, -0.05) is 56.2 Å². The van der Waals surface area contributed by atoms with E-state index >= 15 is 0 Å². The Kier molecular flexibility index (Phi) is 19.9. The molecule has 0 spiro atoms. The van der Waals surface area contributed by atoms with Gasteiger partial charge in [0, 0.05) is 6.42 Å². The number of hydroxylamine groups is 1. The molecule has 0 aromatic heterocycles. The predicted molar refractivity (Wildman–Crippen MR) is 107 cm³/mol. The van der Waals surface area contributed by atoms with Crippen LogP contribution in [0.2, 0.25) is 0 Å². The van der Waals surface area contributed by atoms with Crippen molar-refractivity contribution in [2.75, 3.05) is 13.2 Å². The maximum atomic E-state index is 11.4. The Morgan fingerprint density at radius 2 is 1.56 bits per heavy atom. The van der Waals surface area contributed by atoms with Crippen molar-refractivity contribution in [1.82, 2.24) is 5.48 Å². The van der Waals surface area contributed by atoms with Gasteiger partial charge in [-0.3, -0.25) is 4.79 Å². The van der Waals surface area contributed by atoms with Gasteiger partial charge in [-0.25, -0.2) is 0 Å². The molecule has 0 heterocycles. The quantitative estimate of drug-likeness (QED) is 0.156. The summed E-state index contributed by atoms with van der Waals surface area (Å²) < 4.78 is 14.4. The summed E-state index contributed by atoms with van der Waals surface area (Å²) in [6, 6.07) is 0. The van der Waals surface area contributed by atoms with Crippen molar-refractivity contribution in [1.29, 1.82) is 0 Å². The highest BCUT2D eigenvalue weighted by molar-refractivity contribution is 7.30. The Balaban J connectivity index is 3.40. The van der Waals surface area contributed by atoms with Crippen molar-refractivity contribution in [2.24, 2.45) is 0 Å². The lowest BCUT2D eigenvalue weighted by molar-refractivity contribution is -0.185. The minimum Gasteiger partial charge on any atom is -0.566 e. The molecule has 0 saturated carbocycles. The fraction of sp³-hybridized carbons (Fsp3) is 0.650. The molecule has 0 radical (unpaired) electrons. The minimum absolute atomic E-state index is 0.0551. The summed E-state index contributed by atoms with van der Waals surface area (Å²) in [6.45, 7) is 2.30. The van der Waals surface area contributed by atoms with Crippen molar-refractivity contribution in [3.8, 4) is 0 Å². The summed E-state index contributed by atoms with van der Waals surface area (Å²) in [6.07, 6.45) is 23.1. The van der Waals surface area contributed by atoms with Gasteiger partial charge in [0.1, 0.15) is 6.61 Å². The summed E-state index contributed by atoms with van der Waals surface area (Å²) in [4.78, 5) is 26.3. The van der Waals surface area contributed by atoms with Crippen LogP contribution in [0.1, 0.15) is 71.1 Å². The normalized spacial score (nSPS) is 12.4. The van der Waals surface area contributed by atoms with E-state index in [1.165, 1.54) is 25.7 Å². The third-order valence-electron chi connectivity index (χ3n) is 3.61. The largest absolute Gasteiger partial charge is 0.566 e. The van der Waals surface area contributed by atoms with Crippen LogP contribution in [0, 0.1) is 0 Å². The number of allylic oxidation sites excluding steroid dienone is 6. The Bertz CT molecular complexity index is 463. The number of nitrogens with one attached hydrogen (secondary N) is 1. The number of carbonyl (C=O) groups excluding carboxylic acids is 1. The van der Waals surface area contributed by atoms with E-state index < -0.39 is 8.25 Å². The lowest BCUT2D eigenvalue weighted by Crippen LogP contribution is -2.23. The van der Waals surface area contributed by atoms with E-state index in [1.807, 2.05) is 0 Å². The number of carbonyl (C=O) groups is 1. The molecule has 0 rings (SSSR count). The zero-order chi connectivity index (χ0) is 20.0. The van der Waals surface area contributed by atoms with Crippen molar-refractivity contribution in [3.05, 3.63) is 36.5 Å². The molecular weight excluding hydrogens is 365 g/mol. The monoisotopic (exact) mass is 399 g/mol. The predicted octanol–water partition coefficient (Wildman–Crippen LogP) is 4.66. The highest BCUT2D eigenvalue weighted by Gasteiger charge is 2.03. The van der Waals surface area contributed by atoms with Crippen LogP contribution in [0.25, 0.3) is 0 Å². The van der Waals surface area contributed by atoms with Gasteiger partial charge in [-0.05, 0) is 49.5 Å². The highest BCUT2D eigenvalue weighted by atomic mass is 31.1. The lowest BCUT2D eigenvalue weighted by Gasteiger charge is -2.03. The minimum atomic E-state index is -2.85. The molecule has 0 aliphatic carbocycles. The molecule has 0 aliphatic heterocycles. The van der Waals surface area contributed by atoms with Gasteiger partial charge < -0.3 is 9.73 Å². The first kappa shape index (κ1) is 25.7. The fourth-order valence-corrected chi connectivity index (χ4v) is 2.41. The van der Waals surface area contributed by atoms with E-state index in [9.17, 15) is 14.3 Å². The maximum absolute atomic E-state index is 11.4. The van der Waals surface area contributed by atoms with Crippen LogP contribution in [0.15, 0.2) is 36.5 Å². The third kappa shape index (κ3) is 22.6. The molecule has 0 aliphatic rings. The number of rotatable bonds is 18. The van der Waals surface area contributed by atoms with E-state index in [0.29, 0.717) is 6.42 Å². The molecule has 0 saturated heterocycles. The topological polar surface area (TPSA) is 87.7 Å².